The molecule has 0 atom stereocenters. The maximum atomic E-state index is 6.21. The first-order chi connectivity index (χ1) is 24.8. The first-order valence-electron chi connectivity index (χ1n) is 17.1. The van der Waals surface area contributed by atoms with Crippen molar-refractivity contribution in [1.29, 1.82) is 0 Å². The summed E-state index contributed by atoms with van der Waals surface area (Å²) in [6.07, 6.45) is 0. The van der Waals surface area contributed by atoms with E-state index in [0.717, 1.165) is 33.6 Å². The van der Waals surface area contributed by atoms with Crippen LogP contribution in [0.3, 0.4) is 0 Å². The van der Waals surface area contributed by atoms with E-state index in [0.29, 0.717) is 0 Å². The molecule has 10 aromatic rings. The number of hydrogen-bond donors (Lipinski definition) is 0. The van der Waals surface area contributed by atoms with Gasteiger partial charge in [0, 0.05) is 27.8 Å². The van der Waals surface area contributed by atoms with Gasteiger partial charge in [-0.2, -0.15) is 0 Å². The van der Waals surface area contributed by atoms with Crippen molar-refractivity contribution >= 4 is 71.3 Å². The molecule has 0 amide bonds. The maximum absolute atomic E-state index is 6.21. The lowest BCUT2D eigenvalue weighted by Crippen LogP contribution is -2.09. The van der Waals surface area contributed by atoms with E-state index in [1.54, 1.807) is 0 Å². The van der Waals surface area contributed by atoms with Gasteiger partial charge in [-0.05, 0) is 109 Å². The van der Waals surface area contributed by atoms with Gasteiger partial charge in [-0.15, -0.1) is 0 Å². The summed E-state index contributed by atoms with van der Waals surface area (Å²) in [7, 11) is 0. The summed E-state index contributed by atoms with van der Waals surface area (Å²) in [6.45, 7) is 0. The van der Waals surface area contributed by atoms with Gasteiger partial charge in [0.2, 0.25) is 0 Å². The third kappa shape index (κ3) is 4.73. The minimum Gasteiger partial charge on any atom is -0.456 e. The highest BCUT2D eigenvalue weighted by atomic mass is 16.3. The predicted octanol–water partition coefficient (Wildman–Crippen LogP) is 13.8. The molecule has 0 aliphatic heterocycles. The van der Waals surface area contributed by atoms with E-state index in [2.05, 4.69) is 181 Å². The summed E-state index contributed by atoms with van der Waals surface area (Å²) < 4.78 is 6.21. The summed E-state index contributed by atoms with van der Waals surface area (Å²) in [6, 6.07) is 67.6. The molecule has 10 rings (SSSR count). The van der Waals surface area contributed by atoms with Gasteiger partial charge < -0.3 is 9.32 Å². The van der Waals surface area contributed by atoms with Crippen LogP contribution in [-0.2, 0) is 0 Å². The Hall–Kier alpha value is -6.64. The molecular formula is C48H31NO. The molecular weight excluding hydrogens is 607 g/mol. The van der Waals surface area contributed by atoms with Crippen LogP contribution in [0, 0.1) is 0 Å². The topological polar surface area (TPSA) is 16.4 Å². The van der Waals surface area contributed by atoms with Gasteiger partial charge in [0.25, 0.3) is 0 Å². The van der Waals surface area contributed by atoms with Gasteiger partial charge >= 0.3 is 0 Å². The fraction of sp³-hybridized carbons (Fsp3) is 0. The van der Waals surface area contributed by atoms with Crippen LogP contribution in [0.15, 0.2) is 192 Å². The van der Waals surface area contributed by atoms with E-state index in [4.69, 9.17) is 4.42 Å². The highest BCUT2D eigenvalue weighted by Crippen LogP contribution is 2.40. The van der Waals surface area contributed by atoms with Gasteiger partial charge in [0.05, 0.1) is 0 Å². The summed E-state index contributed by atoms with van der Waals surface area (Å²) >= 11 is 0. The number of fused-ring (bicyclic) bond motifs is 8. The Labute approximate surface area is 290 Å². The Balaban J connectivity index is 1.09. The van der Waals surface area contributed by atoms with Gasteiger partial charge in [0.1, 0.15) is 11.2 Å². The smallest absolute Gasteiger partial charge is 0.136 e. The number of benzene rings is 9. The molecule has 0 fully saturated rings. The summed E-state index contributed by atoms with van der Waals surface area (Å²) in [4.78, 5) is 2.36. The van der Waals surface area contributed by atoms with Gasteiger partial charge in [-0.1, -0.05) is 133 Å². The van der Waals surface area contributed by atoms with Crippen LogP contribution < -0.4 is 4.90 Å². The molecule has 0 radical (unpaired) electrons. The molecule has 1 aromatic heterocycles. The standard InChI is InChI=1S/C48H31NO/c1-2-8-32(9-3-1)33-18-24-39(25-19-33)49(41-28-22-36-15-14-35-10-4-5-11-42(35)44(36)31-41)40-26-20-34(21-27-40)38-17-16-37-23-29-47-48(45(37)30-38)43-12-6-7-13-46(43)50-47/h1-31H. The highest BCUT2D eigenvalue weighted by Gasteiger charge is 2.16. The number of rotatable bonds is 5. The van der Waals surface area contributed by atoms with Crippen LogP contribution in [0.4, 0.5) is 17.1 Å². The lowest BCUT2D eigenvalue weighted by atomic mass is 9.97. The fourth-order valence-corrected chi connectivity index (χ4v) is 7.54. The molecule has 1 heterocycles. The molecule has 234 valence electrons. The average Bonchev–Trinajstić information content (AvgIpc) is 3.58. The number of anilines is 3. The first-order valence-corrected chi connectivity index (χ1v) is 17.1. The van der Waals surface area contributed by atoms with Crippen molar-refractivity contribution in [1.82, 2.24) is 0 Å². The van der Waals surface area contributed by atoms with Gasteiger partial charge in [-0.3, -0.25) is 0 Å². The average molecular weight is 638 g/mol. The maximum Gasteiger partial charge on any atom is 0.136 e. The zero-order valence-electron chi connectivity index (χ0n) is 27.3. The summed E-state index contributed by atoms with van der Waals surface area (Å²) in [5, 5.41) is 9.73. The lowest BCUT2D eigenvalue weighted by Gasteiger charge is -2.26. The third-order valence-electron chi connectivity index (χ3n) is 10.0. The van der Waals surface area contributed by atoms with Crippen molar-refractivity contribution in [2.45, 2.75) is 0 Å². The van der Waals surface area contributed by atoms with E-state index in [9.17, 15) is 0 Å². The van der Waals surface area contributed by atoms with E-state index in [-0.39, 0.29) is 0 Å². The molecule has 0 saturated heterocycles. The normalized spacial score (nSPS) is 11.6. The van der Waals surface area contributed by atoms with Crippen molar-refractivity contribution in [2.24, 2.45) is 0 Å². The molecule has 0 spiro atoms. The molecule has 0 bridgehead atoms. The van der Waals surface area contributed by atoms with E-state index < -0.39 is 0 Å². The van der Waals surface area contributed by atoms with Crippen LogP contribution in [-0.4, -0.2) is 0 Å². The monoisotopic (exact) mass is 637 g/mol. The van der Waals surface area contributed by atoms with Gasteiger partial charge in [-0.25, -0.2) is 0 Å². The predicted molar refractivity (Wildman–Crippen MR) is 212 cm³/mol. The Bertz CT molecular complexity index is 2850. The molecule has 0 aliphatic rings. The third-order valence-corrected chi connectivity index (χ3v) is 10.0. The van der Waals surface area contributed by atoms with Crippen LogP contribution in [0.5, 0.6) is 0 Å². The zero-order valence-corrected chi connectivity index (χ0v) is 27.3. The van der Waals surface area contributed by atoms with Crippen molar-refractivity contribution < 1.29 is 4.42 Å². The first kappa shape index (κ1) is 28.4. The number of furan rings is 1. The molecule has 2 nitrogen and oxygen atoms in total. The second-order valence-electron chi connectivity index (χ2n) is 13.0. The molecule has 0 saturated carbocycles. The second kappa shape index (κ2) is 11.5. The molecule has 0 unspecified atom stereocenters. The summed E-state index contributed by atoms with van der Waals surface area (Å²) in [5.74, 6) is 0. The fourth-order valence-electron chi connectivity index (χ4n) is 7.54. The van der Waals surface area contributed by atoms with Crippen LogP contribution in [0.2, 0.25) is 0 Å². The number of hydrogen-bond acceptors (Lipinski definition) is 2. The van der Waals surface area contributed by atoms with Crippen LogP contribution >= 0.6 is 0 Å². The van der Waals surface area contributed by atoms with Crippen molar-refractivity contribution in [3.63, 3.8) is 0 Å². The molecule has 9 aromatic carbocycles. The van der Waals surface area contributed by atoms with Crippen molar-refractivity contribution in [3.05, 3.63) is 188 Å². The van der Waals surface area contributed by atoms with Crippen LogP contribution in [0.25, 0.3) is 76.5 Å². The number of para-hydroxylation sites is 1. The van der Waals surface area contributed by atoms with Crippen molar-refractivity contribution in [3.8, 4) is 22.3 Å². The van der Waals surface area contributed by atoms with E-state index in [1.165, 1.54) is 60.0 Å². The zero-order chi connectivity index (χ0) is 33.0. The molecule has 0 aliphatic carbocycles. The minimum absolute atomic E-state index is 0.920. The Kier molecular flexibility index (Phi) is 6.53. The van der Waals surface area contributed by atoms with Crippen molar-refractivity contribution in [2.75, 3.05) is 4.90 Å². The second-order valence-corrected chi connectivity index (χ2v) is 13.0. The van der Waals surface area contributed by atoms with Crippen LogP contribution in [0.1, 0.15) is 0 Å². The van der Waals surface area contributed by atoms with E-state index in [1.807, 2.05) is 12.1 Å². The van der Waals surface area contributed by atoms with Gasteiger partial charge in [0.15, 0.2) is 0 Å². The summed E-state index contributed by atoms with van der Waals surface area (Å²) in [5.41, 5.74) is 9.93. The Morgan fingerprint density at radius 1 is 0.300 bits per heavy atom. The SMILES string of the molecule is c1ccc(-c2ccc(N(c3ccc(-c4ccc5ccc6oc7ccccc7c6c5c4)cc3)c3ccc4ccc5ccccc5c4c3)cc2)cc1. The Morgan fingerprint density at radius 2 is 0.820 bits per heavy atom. The lowest BCUT2D eigenvalue weighted by molar-refractivity contribution is 0.669. The molecule has 50 heavy (non-hydrogen) atoms. The quantitative estimate of drug-likeness (QED) is 0.175. The minimum atomic E-state index is 0.920. The van der Waals surface area contributed by atoms with E-state index >= 15 is 0 Å². The highest BCUT2D eigenvalue weighted by molar-refractivity contribution is 6.19. The Morgan fingerprint density at radius 3 is 1.60 bits per heavy atom. The largest absolute Gasteiger partial charge is 0.456 e. The molecule has 2 heteroatoms. The number of nitrogens with zero attached hydrogens (tertiary/aromatic N) is 1. The molecule has 0 N–H and O–H groups in total.